The molecule has 6 nitrogen and oxygen atoms in total. The summed E-state index contributed by atoms with van der Waals surface area (Å²) in [5.74, 6) is 1.66. The Labute approximate surface area is 186 Å². The number of hydrogen-bond donors (Lipinski definition) is 2. The maximum absolute atomic E-state index is 10.9. The van der Waals surface area contributed by atoms with Crippen LogP contribution in [0.5, 0.6) is 34.5 Å². The van der Waals surface area contributed by atoms with E-state index in [1.54, 1.807) is 26.4 Å². The zero-order chi connectivity index (χ0) is 22.7. The van der Waals surface area contributed by atoms with Gasteiger partial charge in [0.1, 0.15) is 23.0 Å². The molecule has 0 amide bonds. The minimum Gasteiger partial charge on any atom is -0.503 e. The van der Waals surface area contributed by atoms with Gasteiger partial charge < -0.3 is 29.2 Å². The normalized spacial score (nSPS) is 11.1. The lowest BCUT2D eigenvalue weighted by Gasteiger charge is -2.16. The Morgan fingerprint density at radius 3 is 1.32 bits per heavy atom. The Bertz CT molecular complexity index is 972. The van der Waals surface area contributed by atoms with Crippen molar-refractivity contribution < 1.29 is 29.2 Å². The van der Waals surface area contributed by atoms with E-state index in [9.17, 15) is 10.2 Å². The van der Waals surface area contributed by atoms with Gasteiger partial charge in [0.25, 0.3) is 0 Å². The first kappa shape index (κ1) is 22.6. The Morgan fingerprint density at radius 2 is 1.00 bits per heavy atom. The molecule has 31 heavy (non-hydrogen) atoms. The summed E-state index contributed by atoms with van der Waals surface area (Å²) in [5.41, 5.74) is 1.15. The number of ether oxygens (including phenoxy) is 4. The first-order valence-corrected chi connectivity index (χ1v) is 10.8. The first-order chi connectivity index (χ1) is 14.8. The van der Waals surface area contributed by atoms with E-state index < -0.39 is 0 Å². The number of benzene rings is 2. The number of methoxy groups -OCH3 is 2. The second-order valence-electron chi connectivity index (χ2n) is 7.46. The standard InChI is InChI=1S/C24H28O6S/c1-13(2)29-17-11-7-9-15(27-5)19(17)23-21(25)22(26)24(31-23)20-16(28-6)10-8-12-18(20)30-14(3)4/h7-14,25-26H,1-6H3. The molecule has 0 radical (unpaired) electrons. The molecule has 0 spiro atoms. The highest BCUT2D eigenvalue weighted by Gasteiger charge is 2.28. The van der Waals surface area contributed by atoms with Gasteiger partial charge >= 0.3 is 0 Å². The highest BCUT2D eigenvalue weighted by atomic mass is 32.1. The number of thiophene rings is 1. The fourth-order valence-corrected chi connectivity index (χ4v) is 4.46. The molecule has 0 atom stereocenters. The molecule has 0 aliphatic heterocycles. The molecule has 2 N–H and O–H groups in total. The van der Waals surface area contributed by atoms with E-state index in [0.29, 0.717) is 43.9 Å². The van der Waals surface area contributed by atoms with Gasteiger partial charge in [0.2, 0.25) is 0 Å². The molecule has 3 aromatic rings. The Hall–Kier alpha value is -3.06. The van der Waals surface area contributed by atoms with E-state index in [0.717, 1.165) is 0 Å². The quantitative estimate of drug-likeness (QED) is 0.438. The smallest absolute Gasteiger partial charge is 0.177 e. The van der Waals surface area contributed by atoms with Crippen molar-refractivity contribution >= 4 is 11.3 Å². The van der Waals surface area contributed by atoms with Crippen molar-refractivity contribution in [1.29, 1.82) is 0 Å². The van der Waals surface area contributed by atoms with Crippen LogP contribution in [0.1, 0.15) is 27.7 Å². The second-order valence-corrected chi connectivity index (χ2v) is 8.48. The molecular formula is C24H28O6S. The predicted molar refractivity (Wildman–Crippen MR) is 123 cm³/mol. The van der Waals surface area contributed by atoms with E-state index in [-0.39, 0.29) is 23.7 Å². The molecular weight excluding hydrogens is 416 g/mol. The number of rotatable bonds is 8. The van der Waals surface area contributed by atoms with E-state index in [1.165, 1.54) is 11.3 Å². The summed E-state index contributed by atoms with van der Waals surface area (Å²) in [4.78, 5) is 0.865. The maximum atomic E-state index is 10.9. The zero-order valence-corrected chi connectivity index (χ0v) is 19.4. The number of aromatic hydroxyl groups is 2. The molecule has 0 aliphatic rings. The van der Waals surface area contributed by atoms with Gasteiger partial charge in [-0.3, -0.25) is 0 Å². The molecule has 7 heteroatoms. The van der Waals surface area contributed by atoms with Crippen LogP contribution in [-0.2, 0) is 0 Å². The van der Waals surface area contributed by atoms with Crippen LogP contribution in [0.3, 0.4) is 0 Å². The fourth-order valence-electron chi connectivity index (χ4n) is 3.27. The minimum atomic E-state index is -0.250. The van der Waals surface area contributed by atoms with Crippen LogP contribution < -0.4 is 18.9 Å². The third kappa shape index (κ3) is 4.51. The third-order valence-electron chi connectivity index (χ3n) is 4.45. The Balaban J connectivity index is 2.27. The van der Waals surface area contributed by atoms with Gasteiger partial charge in [0, 0.05) is 0 Å². The van der Waals surface area contributed by atoms with Crippen LogP contribution in [0.25, 0.3) is 20.9 Å². The molecule has 2 aromatic carbocycles. The lowest BCUT2D eigenvalue weighted by atomic mass is 10.1. The van der Waals surface area contributed by atoms with Crippen molar-refractivity contribution in [2.24, 2.45) is 0 Å². The van der Waals surface area contributed by atoms with Crippen molar-refractivity contribution in [3.8, 4) is 55.4 Å². The van der Waals surface area contributed by atoms with E-state index in [2.05, 4.69) is 0 Å². The van der Waals surface area contributed by atoms with Crippen molar-refractivity contribution in [2.75, 3.05) is 14.2 Å². The van der Waals surface area contributed by atoms with E-state index in [4.69, 9.17) is 18.9 Å². The molecule has 3 rings (SSSR count). The van der Waals surface area contributed by atoms with Gasteiger partial charge in [0.05, 0.1) is 47.3 Å². The molecule has 1 aromatic heterocycles. The summed E-state index contributed by atoms with van der Waals surface area (Å²) in [6.07, 6.45) is -0.164. The zero-order valence-electron chi connectivity index (χ0n) is 18.6. The first-order valence-electron chi connectivity index (χ1n) is 10.0. The highest BCUT2D eigenvalue weighted by Crippen LogP contribution is 2.57. The average Bonchev–Trinajstić information content (AvgIpc) is 3.01. The van der Waals surface area contributed by atoms with Gasteiger partial charge in [-0.15, -0.1) is 11.3 Å². The second kappa shape index (κ2) is 9.39. The van der Waals surface area contributed by atoms with Gasteiger partial charge in [-0.2, -0.15) is 0 Å². The summed E-state index contributed by atoms with van der Waals surface area (Å²) < 4.78 is 23.0. The Morgan fingerprint density at radius 1 is 0.645 bits per heavy atom. The van der Waals surface area contributed by atoms with Crippen LogP contribution in [0.2, 0.25) is 0 Å². The molecule has 166 valence electrons. The summed E-state index contributed by atoms with van der Waals surface area (Å²) in [5, 5.41) is 21.8. The molecule has 0 bridgehead atoms. The van der Waals surface area contributed by atoms with Crippen molar-refractivity contribution in [2.45, 2.75) is 39.9 Å². The lowest BCUT2D eigenvalue weighted by Crippen LogP contribution is -2.07. The summed E-state index contributed by atoms with van der Waals surface area (Å²) in [6, 6.07) is 10.8. The molecule has 0 unspecified atom stereocenters. The van der Waals surface area contributed by atoms with Crippen LogP contribution >= 0.6 is 11.3 Å². The molecule has 1 heterocycles. The molecule has 0 saturated heterocycles. The fraction of sp³-hybridized carbons (Fsp3) is 0.333. The Kier molecular flexibility index (Phi) is 6.85. The summed E-state index contributed by atoms with van der Waals surface area (Å²) in [6.45, 7) is 7.69. The summed E-state index contributed by atoms with van der Waals surface area (Å²) >= 11 is 1.21. The molecule has 0 fully saturated rings. The van der Waals surface area contributed by atoms with Gasteiger partial charge in [-0.05, 0) is 52.0 Å². The SMILES string of the molecule is COc1cccc(OC(C)C)c1-c1sc(-c2c(OC)cccc2OC(C)C)c(O)c1O. The van der Waals surface area contributed by atoms with Crippen LogP contribution in [0, 0.1) is 0 Å². The topological polar surface area (TPSA) is 77.4 Å². The number of hydrogen-bond acceptors (Lipinski definition) is 7. The third-order valence-corrected chi connectivity index (χ3v) is 5.66. The minimum absolute atomic E-state index is 0.0821. The van der Waals surface area contributed by atoms with Crippen LogP contribution in [-0.4, -0.2) is 36.6 Å². The van der Waals surface area contributed by atoms with E-state index >= 15 is 0 Å². The summed E-state index contributed by atoms with van der Waals surface area (Å²) in [7, 11) is 3.11. The average molecular weight is 445 g/mol. The van der Waals surface area contributed by atoms with Gasteiger partial charge in [-0.1, -0.05) is 12.1 Å². The lowest BCUT2D eigenvalue weighted by molar-refractivity contribution is 0.242. The van der Waals surface area contributed by atoms with Crippen molar-refractivity contribution in [1.82, 2.24) is 0 Å². The molecule has 0 saturated carbocycles. The largest absolute Gasteiger partial charge is 0.503 e. The maximum Gasteiger partial charge on any atom is 0.177 e. The predicted octanol–water partition coefficient (Wildman–Crippen LogP) is 6.08. The van der Waals surface area contributed by atoms with Gasteiger partial charge in [-0.25, -0.2) is 0 Å². The van der Waals surface area contributed by atoms with Crippen molar-refractivity contribution in [3.05, 3.63) is 36.4 Å². The monoisotopic (exact) mass is 444 g/mol. The van der Waals surface area contributed by atoms with Crippen LogP contribution in [0.15, 0.2) is 36.4 Å². The highest BCUT2D eigenvalue weighted by molar-refractivity contribution is 7.20. The molecule has 0 aliphatic carbocycles. The van der Waals surface area contributed by atoms with Gasteiger partial charge in [0.15, 0.2) is 11.5 Å². The van der Waals surface area contributed by atoms with Crippen molar-refractivity contribution in [3.63, 3.8) is 0 Å². The van der Waals surface area contributed by atoms with Crippen LogP contribution in [0.4, 0.5) is 0 Å². The van der Waals surface area contributed by atoms with E-state index in [1.807, 2.05) is 52.0 Å².